The Morgan fingerprint density at radius 2 is 2.11 bits per heavy atom. The standard InChI is InChI=1S/C9H16N2O2.C8H8F3NO2S/c12-8-11-5-6-13-9(7-11)1-3-10-4-2-9;1-4(2)6-12-5(3-15-6)14-7(13)8(9,10)11/h8,10H,1-7H2;3-4H,1-2H3. The Morgan fingerprint density at radius 1 is 1.43 bits per heavy atom. The number of hydrogen-bond donors (Lipinski definition) is 1. The molecule has 1 spiro atoms. The second-order valence-corrected chi connectivity index (χ2v) is 7.81. The highest BCUT2D eigenvalue weighted by Crippen LogP contribution is 2.27. The van der Waals surface area contributed by atoms with Gasteiger partial charge in [0.25, 0.3) is 0 Å². The summed E-state index contributed by atoms with van der Waals surface area (Å²) in [5.41, 5.74) is -0.0373. The maximum Gasteiger partial charge on any atom is 0.491 e. The number of piperidine rings is 1. The molecule has 0 radical (unpaired) electrons. The summed E-state index contributed by atoms with van der Waals surface area (Å²) in [6.07, 6.45) is -2.00. The van der Waals surface area contributed by atoms with Gasteiger partial charge in [-0.3, -0.25) is 4.79 Å². The molecule has 0 unspecified atom stereocenters. The normalized spacial score (nSPS) is 19.1. The molecule has 0 saturated carbocycles. The van der Waals surface area contributed by atoms with E-state index in [9.17, 15) is 22.8 Å². The van der Waals surface area contributed by atoms with Crippen LogP contribution in [0, 0.1) is 0 Å². The van der Waals surface area contributed by atoms with Gasteiger partial charge in [0.2, 0.25) is 12.3 Å². The molecule has 28 heavy (non-hydrogen) atoms. The van der Waals surface area contributed by atoms with Gasteiger partial charge in [-0.25, -0.2) is 9.78 Å². The van der Waals surface area contributed by atoms with E-state index in [1.54, 1.807) is 0 Å². The summed E-state index contributed by atoms with van der Waals surface area (Å²) in [6, 6.07) is 0. The zero-order valence-corrected chi connectivity index (χ0v) is 16.6. The highest BCUT2D eigenvalue weighted by atomic mass is 32.1. The van der Waals surface area contributed by atoms with Gasteiger partial charge in [0.05, 0.1) is 22.6 Å². The van der Waals surface area contributed by atoms with Crippen LogP contribution in [0.3, 0.4) is 0 Å². The molecule has 7 nitrogen and oxygen atoms in total. The number of carbonyl (C=O) groups excluding carboxylic acids is 2. The van der Waals surface area contributed by atoms with Gasteiger partial charge >= 0.3 is 12.1 Å². The van der Waals surface area contributed by atoms with Crippen molar-refractivity contribution in [2.45, 2.75) is 44.4 Å². The van der Waals surface area contributed by atoms with Gasteiger partial charge in [-0.15, -0.1) is 11.3 Å². The second-order valence-electron chi connectivity index (χ2n) is 6.92. The summed E-state index contributed by atoms with van der Waals surface area (Å²) < 4.78 is 45.2. The molecular weight excluding hydrogens is 399 g/mol. The Bertz CT molecular complexity index is 655. The minimum atomic E-state index is -4.98. The number of nitrogens with zero attached hydrogens (tertiary/aromatic N) is 2. The van der Waals surface area contributed by atoms with E-state index in [0.29, 0.717) is 11.6 Å². The van der Waals surface area contributed by atoms with Crippen molar-refractivity contribution in [1.82, 2.24) is 15.2 Å². The van der Waals surface area contributed by atoms with E-state index in [0.717, 1.165) is 56.8 Å². The van der Waals surface area contributed by atoms with Gasteiger partial charge in [0.1, 0.15) is 0 Å². The van der Waals surface area contributed by atoms with Crippen LogP contribution in [0.2, 0.25) is 0 Å². The van der Waals surface area contributed by atoms with E-state index in [1.807, 2.05) is 18.7 Å². The van der Waals surface area contributed by atoms with E-state index >= 15 is 0 Å². The topological polar surface area (TPSA) is 80.8 Å². The molecule has 1 N–H and O–H groups in total. The Kier molecular flexibility index (Phi) is 7.79. The summed E-state index contributed by atoms with van der Waals surface area (Å²) in [6.45, 7) is 7.91. The van der Waals surface area contributed by atoms with Crippen LogP contribution in [-0.4, -0.2) is 66.8 Å². The lowest BCUT2D eigenvalue weighted by Crippen LogP contribution is -2.55. The molecule has 3 rings (SSSR count). The lowest BCUT2D eigenvalue weighted by Gasteiger charge is -2.43. The molecule has 3 heterocycles. The lowest BCUT2D eigenvalue weighted by molar-refractivity contribution is -0.189. The van der Waals surface area contributed by atoms with Crippen LogP contribution < -0.4 is 10.1 Å². The number of rotatable bonds is 3. The van der Waals surface area contributed by atoms with Crippen molar-refractivity contribution in [3.05, 3.63) is 10.4 Å². The third kappa shape index (κ3) is 6.42. The number of carbonyl (C=O) groups is 2. The van der Waals surface area contributed by atoms with Crippen LogP contribution in [0.1, 0.15) is 37.6 Å². The number of alkyl halides is 3. The summed E-state index contributed by atoms with van der Waals surface area (Å²) in [4.78, 5) is 26.6. The van der Waals surface area contributed by atoms with Gasteiger partial charge < -0.3 is 19.7 Å². The van der Waals surface area contributed by atoms with Crippen molar-refractivity contribution in [3.8, 4) is 5.88 Å². The Labute approximate surface area is 165 Å². The number of ether oxygens (including phenoxy) is 2. The Balaban J connectivity index is 0.000000202. The molecule has 1 aromatic heterocycles. The van der Waals surface area contributed by atoms with Gasteiger partial charge in [0, 0.05) is 19.0 Å². The number of nitrogens with one attached hydrogen (secondary N) is 1. The average Bonchev–Trinajstić information content (AvgIpc) is 3.11. The number of amides is 1. The maximum absolute atomic E-state index is 11.8. The summed E-state index contributed by atoms with van der Waals surface area (Å²) >= 11 is 1.15. The van der Waals surface area contributed by atoms with Crippen molar-refractivity contribution in [1.29, 1.82) is 0 Å². The second kappa shape index (κ2) is 9.66. The number of hydrogen-bond acceptors (Lipinski definition) is 7. The van der Waals surface area contributed by atoms with Crippen molar-refractivity contribution < 1.29 is 32.2 Å². The van der Waals surface area contributed by atoms with E-state index < -0.39 is 12.1 Å². The summed E-state index contributed by atoms with van der Waals surface area (Å²) in [5, 5.41) is 5.20. The van der Waals surface area contributed by atoms with Gasteiger partial charge in [-0.1, -0.05) is 13.8 Å². The highest BCUT2D eigenvalue weighted by Gasteiger charge is 2.42. The summed E-state index contributed by atoms with van der Waals surface area (Å²) in [7, 11) is 0. The van der Waals surface area contributed by atoms with Crippen LogP contribution in [0.15, 0.2) is 5.38 Å². The number of aromatic nitrogens is 1. The largest absolute Gasteiger partial charge is 0.491 e. The SMILES string of the molecule is CC(C)c1nc(OC(=O)C(F)(F)F)cs1.O=CN1CCOC2(CCNCC2)C1. The molecule has 1 amide bonds. The number of esters is 1. The van der Waals surface area contributed by atoms with Crippen LogP contribution in [-0.2, 0) is 14.3 Å². The lowest BCUT2D eigenvalue weighted by atomic mass is 9.90. The maximum atomic E-state index is 11.8. The first-order chi connectivity index (χ1) is 13.1. The fourth-order valence-corrected chi connectivity index (χ4v) is 3.62. The predicted molar refractivity (Wildman–Crippen MR) is 96.3 cm³/mol. The number of thiazole rings is 1. The molecule has 0 aliphatic carbocycles. The molecule has 1 aromatic rings. The first-order valence-corrected chi connectivity index (χ1v) is 9.81. The molecule has 2 aliphatic heterocycles. The quantitative estimate of drug-likeness (QED) is 0.594. The molecule has 0 atom stereocenters. The van der Waals surface area contributed by atoms with Crippen LogP contribution in [0.4, 0.5) is 13.2 Å². The van der Waals surface area contributed by atoms with Crippen LogP contribution in [0.5, 0.6) is 5.88 Å². The Hall–Kier alpha value is -1.72. The predicted octanol–water partition coefficient (Wildman–Crippen LogP) is 2.33. The third-order valence-corrected chi connectivity index (χ3v) is 5.49. The monoisotopic (exact) mass is 423 g/mol. The number of halogens is 3. The number of morpholine rings is 1. The molecular formula is C17H24F3N3O4S. The first kappa shape index (κ1) is 22.6. The minimum Gasteiger partial charge on any atom is -0.400 e. The molecule has 2 saturated heterocycles. The van der Waals surface area contributed by atoms with E-state index in [1.165, 1.54) is 5.38 Å². The van der Waals surface area contributed by atoms with E-state index in [4.69, 9.17) is 4.74 Å². The molecule has 2 fully saturated rings. The third-order valence-electron chi connectivity index (χ3n) is 4.37. The van der Waals surface area contributed by atoms with E-state index in [2.05, 4.69) is 15.0 Å². The van der Waals surface area contributed by atoms with Crippen molar-refractivity contribution in [2.75, 3.05) is 32.8 Å². The van der Waals surface area contributed by atoms with E-state index in [-0.39, 0.29) is 17.4 Å². The molecule has 0 bridgehead atoms. The van der Waals surface area contributed by atoms with Crippen molar-refractivity contribution in [3.63, 3.8) is 0 Å². The highest BCUT2D eigenvalue weighted by molar-refractivity contribution is 7.09. The molecule has 11 heteroatoms. The fourth-order valence-electron chi connectivity index (χ4n) is 2.89. The van der Waals surface area contributed by atoms with Crippen molar-refractivity contribution in [2.24, 2.45) is 0 Å². The smallest absolute Gasteiger partial charge is 0.400 e. The first-order valence-electron chi connectivity index (χ1n) is 8.94. The zero-order chi connectivity index (χ0) is 20.8. The summed E-state index contributed by atoms with van der Waals surface area (Å²) in [5.74, 6) is -2.46. The van der Waals surface area contributed by atoms with Gasteiger partial charge in [0.15, 0.2) is 0 Å². The molecule has 158 valence electrons. The molecule has 2 aliphatic rings. The zero-order valence-electron chi connectivity index (χ0n) is 15.8. The average molecular weight is 423 g/mol. The minimum absolute atomic E-state index is 0.0373. The van der Waals surface area contributed by atoms with Crippen molar-refractivity contribution >= 4 is 23.7 Å². The van der Waals surface area contributed by atoms with Gasteiger partial charge in [-0.05, 0) is 25.9 Å². The fraction of sp³-hybridized carbons (Fsp3) is 0.706. The molecule has 0 aromatic carbocycles. The van der Waals surface area contributed by atoms with Crippen LogP contribution in [0.25, 0.3) is 0 Å². The van der Waals surface area contributed by atoms with Gasteiger partial charge in [-0.2, -0.15) is 13.2 Å². The Morgan fingerprint density at radius 3 is 2.64 bits per heavy atom. The van der Waals surface area contributed by atoms with Crippen LogP contribution >= 0.6 is 11.3 Å².